The van der Waals surface area contributed by atoms with E-state index in [9.17, 15) is 0 Å². The van der Waals surface area contributed by atoms with E-state index in [1.165, 1.54) is 0 Å². The molecule has 10 nitrogen and oxygen atoms in total. The lowest BCUT2D eigenvalue weighted by molar-refractivity contribution is 0.441. The van der Waals surface area contributed by atoms with Gasteiger partial charge in [0.15, 0.2) is 0 Å². The summed E-state index contributed by atoms with van der Waals surface area (Å²) in [6.07, 6.45) is 1.62. The van der Waals surface area contributed by atoms with Crippen molar-refractivity contribution in [2.24, 2.45) is 22.9 Å². The number of anilines is 3. The molecule has 1 aromatic heterocycles. The number of hydrogen-bond acceptors (Lipinski definition) is 10. The van der Waals surface area contributed by atoms with Crippen molar-refractivity contribution in [3.63, 3.8) is 0 Å². The number of aromatic nitrogens is 3. The Morgan fingerprint density at radius 3 is 1.56 bits per heavy atom. The minimum atomic E-state index is 0.0170. The molecule has 3 rings (SSSR count). The van der Waals surface area contributed by atoms with E-state index in [0.717, 1.165) is 19.4 Å². The molecule has 0 radical (unpaired) electrons. The van der Waals surface area contributed by atoms with Gasteiger partial charge in [0.05, 0.1) is 0 Å². The number of nitrogens with one attached hydrogen (secondary N) is 1. The molecule has 9 N–H and O–H groups in total. The fourth-order valence-corrected chi connectivity index (χ4v) is 3.56. The second kappa shape index (κ2) is 7.65. The Labute approximate surface area is 148 Å². The third-order valence-corrected chi connectivity index (χ3v) is 4.54. The molecule has 4 atom stereocenters. The first kappa shape index (κ1) is 18.1. The summed E-state index contributed by atoms with van der Waals surface area (Å²) in [4.78, 5) is 17.8. The normalized spacial score (nSPS) is 30.4. The van der Waals surface area contributed by atoms with Crippen LogP contribution >= 0.6 is 0 Å². The average molecular weight is 350 g/mol. The van der Waals surface area contributed by atoms with Crippen molar-refractivity contribution >= 4 is 17.8 Å². The predicted molar refractivity (Wildman–Crippen MR) is 99.6 cm³/mol. The SMILES string of the molecule is CCNc1nc(N2C[C@H](N)C[C@H](N)C2)nc(N2C[C@H](N)C[C@H](N)C2)n1. The van der Waals surface area contributed by atoms with Gasteiger partial charge in [0.1, 0.15) is 0 Å². The van der Waals surface area contributed by atoms with E-state index in [1.54, 1.807) is 0 Å². The Balaban J connectivity index is 1.89. The Morgan fingerprint density at radius 2 is 1.20 bits per heavy atom. The van der Waals surface area contributed by atoms with Gasteiger partial charge in [0, 0.05) is 56.9 Å². The van der Waals surface area contributed by atoms with Crippen LogP contribution in [0.2, 0.25) is 0 Å². The first-order valence-corrected chi connectivity index (χ1v) is 8.96. The fourth-order valence-electron chi connectivity index (χ4n) is 3.56. The topological polar surface area (TPSA) is 161 Å². The highest BCUT2D eigenvalue weighted by Gasteiger charge is 2.28. The zero-order chi connectivity index (χ0) is 18.0. The summed E-state index contributed by atoms with van der Waals surface area (Å²) in [7, 11) is 0. The van der Waals surface area contributed by atoms with Crippen molar-refractivity contribution in [1.82, 2.24) is 15.0 Å². The number of nitrogens with zero attached hydrogens (tertiary/aromatic N) is 5. The van der Waals surface area contributed by atoms with Gasteiger partial charge < -0.3 is 38.1 Å². The van der Waals surface area contributed by atoms with E-state index >= 15 is 0 Å². The van der Waals surface area contributed by atoms with Gasteiger partial charge in [-0.3, -0.25) is 0 Å². The molecule has 2 aliphatic rings. The molecule has 0 spiro atoms. The van der Waals surface area contributed by atoms with Crippen molar-refractivity contribution in [2.75, 3.05) is 47.8 Å². The predicted octanol–water partition coefficient (Wildman–Crippen LogP) is -1.97. The lowest BCUT2D eigenvalue weighted by Crippen LogP contribution is -2.54. The summed E-state index contributed by atoms with van der Waals surface area (Å²) in [5.41, 5.74) is 24.5. The Hall–Kier alpha value is -1.75. The van der Waals surface area contributed by atoms with Crippen LogP contribution in [0.25, 0.3) is 0 Å². The molecule has 25 heavy (non-hydrogen) atoms. The van der Waals surface area contributed by atoms with E-state index in [0.29, 0.717) is 44.0 Å². The molecule has 0 saturated carbocycles. The summed E-state index contributed by atoms with van der Waals surface area (Å²) in [5, 5.41) is 3.17. The lowest BCUT2D eigenvalue weighted by Gasteiger charge is -2.37. The summed E-state index contributed by atoms with van der Waals surface area (Å²) in [6, 6.07) is 0.0681. The molecule has 2 saturated heterocycles. The van der Waals surface area contributed by atoms with E-state index in [4.69, 9.17) is 22.9 Å². The molecule has 0 unspecified atom stereocenters. The van der Waals surface area contributed by atoms with Crippen molar-refractivity contribution in [2.45, 2.75) is 43.9 Å². The molecule has 1 aromatic rings. The van der Waals surface area contributed by atoms with Crippen LogP contribution in [0.4, 0.5) is 17.8 Å². The second-order valence-electron chi connectivity index (χ2n) is 7.11. The van der Waals surface area contributed by atoms with Gasteiger partial charge in [-0.1, -0.05) is 0 Å². The molecular weight excluding hydrogens is 320 g/mol. The maximum absolute atomic E-state index is 6.11. The Morgan fingerprint density at radius 1 is 0.800 bits per heavy atom. The third kappa shape index (κ3) is 4.46. The first-order chi connectivity index (χ1) is 11.9. The van der Waals surface area contributed by atoms with Crippen LogP contribution in [0, 0.1) is 0 Å². The van der Waals surface area contributed by atoms with E-state index in [1.807, 2.05) is 16.7 Å². The molecule has 0 aliphatic carbocycles. The minimum Gasteiger partial charge on any atom is -0.354 e. The highest BCUT2D eigenvalue weighted by atomic mass is 15.4. The molecule has 0 bridgehead atoms. The van der Waals surface area contributed by atoms with Crippen LogP contribution in [0.3, 0.4) is 0 Å². The number of piperidine rings is 2. The van der Waals surface area contributed by atoms with E-state index in [-0.39, 0.29) is 24.2 Å². The molecule has 3 heterocycles. The van der Waals surface area contributed by atoms with Gasteiger partial charge in [0.25, 0.3) is 0 Å². The van der Waals surface area contributed by atoms with Gasteiger partial charge in [0.2, 0.25) is 17.8 Å². The Bertz CT molecular complexity index is 517. The lowest BCUT2D eigenvalue weighted by atomic mass is 10.0. The summed E-state index contributed by atoms with van der Waals surface area (Å²) in [6.45, 7) is 5.45. The van der Waals surface area contributed by atoms with Crippen molar-refractivity contribution < 1.29 is 0 Å². The number of nitrogens with two attached hydrogens (primary N) is 4. The maximum atomic E-state index is 6.11. The van der Waals surface area contributed by atoms with Crippen LogP contribution in [-0.2, 0) is 0 Å². The molecular formula is C15H30N10. The molecule has 140 valence electrons. The molecule has 0 aromatic carbocycles. The number of rotatable bonds is 4. The fraction of sp³-hybridized carbons (Fsp3) is 0.800. The van der Waals surface area contributed by atoms with Crippen LogP contribution < -0.4 is 38.1 Å². The summed E-state index contributed by atoms with van der Waals surface area (Å²) in [5.74, 6) is 1.74. The van der Waals surface area contributed by atoms with Gasteiger partial charge in [-0.15, -0.1) is 0 Å². The monoisotopic (exact) mass is 350 g/mol. The minimum absolute atomic E-state index is 0.0170. The zero-order valence-electron chi connectivity index (χ0n) is 14.8. The molecule has 2 fully saturated rings. The number of hydrogen-bond donors (Lipinski definition) is 5. The van der Waals surface area contributed by atoms with Crippen LogP contribution in [0.5, 0.6) is 0 Å². The van der Waals surface area contributed by atoms with Crippen molar-refractivity contribution in [3.8, 4) is 0 Å². The standard InChI is InChI=1S/C15H30N10/c1-2-20-13-21-14(24-5-9(16)3-10(17)6-24)23-15(22-13)25-7-11(18)4-12(19)8-25/h9-12H,2-8,16-19H2,1H3,(H,20,21,22,23)/t9-,10+,11-,12+. The highest BCUT2D eigenvalue weighted by molar-refractivity contribution is 5.46. The quantitative estimate of drug-likeness (QED) is 0.412. The average Bonchev–Trinajstić information content (AvgIpc) is 2.53. The van der Waals surface area contributed by atoms with Gasteiger partial charge in [-0.05, 0) is 19.8 Å². The van der Waals surface area contributed by atoms with Crippen molar-refractivity contribution in [1.29, 1.82) is 0 Å². The Kier molecular flexibility index (Phi) is 5.52. The van der Waals surface area contributed by atoms with Gasteiger partial charge in [-0.25, -0.2) is 0 Å². The maximum Gasteiger partial charge on any atom is 0.232 e. The second-order valence-corrected chi connectivity index (χ2v) is 7.11. The largest absolute Gasteiger partial charge is 0.354 e. The zero-order valence-corrected chi connectivity index (χ0v) is 14.8. The summed E-state index contributed by atoms with van der Waals surface area (Å²) < 4.78 is 0. The highest BCUT2D eigenvalue weighted by Crippen LogP contribution is 2.21. The van der Waals surface area contributed by atoms with E-state index < -0.39 is 0 Å². The van der Waals surface area contributed by atoms with Crippen LogP contribution in [-0.4, -0.2) is 71.8 Å². The van der Waals surface area contributed by atoms with Crippen LogP contribution in [0.15, 0.2) is 0 Å². The van der Waals surface area contributed by atoms with E-state index in [2.05, 4.69) is 20.3 Å². The summed E-state index contributed by atoms with van der Waals surface area (Å²) >= 11 is 0. The molecule has 2 aliphatic heterocycles. The molecule has 10 heteroatoms. The first-order valence-electron chi connectivity index (χ1n) is 8.96. The van der Waals surface area contributed by atoms with Crippen molar-refractivity contribution in [3.05, 3.63) is 0 Å². The smallest absolute Gasteiger partial charge is 0.232 e. The van der Waals surface area contributed by atoms with Gasteiger partial charge in [-0.2, -0.15) is 15.0 Å². The molecule has 0 amide bonds. The van der Waals surface area contributed by atoms with Gasteiger partial charge >= 0.3 is 0 Å². The third-order valence-electron chi connectivity index (χ3n) is 4.54. The van der Waals surface area contributed by atoms with Crippen LogP contribution in [0.1, 0.15) is 19.8 Å².